The molecule has 122 valence electrons. The third-order valence-corrected chi connectivity index (χ3v) is 3.92. The molecule has 3 rings (SSSR count). The Morgan fingerprint density at radius 3 is 1.91 bits per heavy atom. The number of alkyl halides is 3. The second-order valence-electron chi connectivity index (χ2n) is 5.22. The Balaban J connectivity index is 1.63. The van der Waals surface area contributed by atoms with E-state index in [4.69, 9.17) is 11.6 Å². The number of rotatable bonds is 2. The maximum atomic E-state index is 12.6. The predicted molar refractivity (Wildman–Crippen MR) is 82.9 cm³/mol. The highest BCUT2D eigenvalue weighted by Gasteiger charge is 2.30. The van der Waals surface area contributed by atoms with Gasteiger partial charge in [-0.3, -0.25) is 0 Å². The first-order valence-electron chi connectivity index (χ1n) is 7.08. The number of hydrogen-bond donors (Lipinski definition) is 0. The number of nitrogens with zero attached hydrogens (tertiary/aromatic N) is 4. The first-order valence-corrected chi connectivity index (χ1v) is 7.46. The topological polar surface area (TPSA) is 32.3 Å². The van der Waals surface area contributed by atoms with Crippen LogP contribution in [0.15, 0.2) is 36.7 Å². The van der Waals surface area contributed by atoms with Crippen molar-refractivity contribution < 1.29 is 13.2 Å². The van der Waals surface area contributed by atoms with E-state index in [9.17, 15) is 13.2 Å². The maximum absolute atomic E-state index is 12.6. The van der Waals surface area contributed by atoms with E-state index in [2.05, 4.69) is 9.97 Å². The van der Waals surface area contributed by atoms with Gasteiger partial charge in [0.2, 0.25) is 5.95 Å². The molecule has 1 aromatic carbocycles. The smallest absolute Gasteiger partial charge is 0.368 e. The molecule has 1 aliphatic heterocycles. The van der Waals surface area contributed by atoms with Crippen LogP contribution in [0.25, 0.3) is 0 Å². The zero-order valence-electron chi connectivity index (χ0n) is 12.1. The molecule has 0 saturated carbocycles. The molecule has 2 heterocycles. The summed E-state index contributed by atoms with van der Waals surface area (Å²) < 4.78 is 37.8. The first-order chi connectivity index (χ1) is 10.9. The van der Waals surface area contributed by atoms with Gasteiger partial charge in [-0.2, -0.15) is 13.2 Å². The summed E-state index contributed by atoms with van der Waals surface area (Å²) in [4.78, 5) is 12.4. The normalized spacial score (nSPS) is 15.8. The molecule has 1 saturated heterocycles. The molecule has 0 aliphatic carbocycles. The summed E-state index contributed by atoms with van der Waals surface area (Å²) in [6.07, 6.45) is -1.21. The Hall–Kier alpha value is -2.02. The van der Waals surface area contributed by atoms with E-state index >= 15 is 0 Å². The standard InChI is InChI=1S/C15H14ClF3N4/c16-12-9-20-14(21-10-12)23-7-5-22(6-8-23)13-3-1-11(2-4-13)15(17,18)19/h1-4,9-10H,5-8H2. The maximum Gasteiger partial charge on any atom is 0.416 e. The highest BCUT2D eigenvalue weighted by atomic mass is 35.5. The average Bonchev–Trinajstić information content (AvgIpc) is 2.55. The van der Waals surface area contributed by atoms with Crippen molar-refractivity contribution in [1.82, 2.24) is 9.97 Å². The van der Waals surface area contributed by atoms with Crippen LogP contribution in [0.1, 0.15) is 5.56 Å². The Morgan fingerprint density at radius 2 is 1.39 bits per heavy atom. The fraction of sp³-hybridized carbons (Fsp3) is 0.333. The molecular weight excluding hydrogens is 329 g/mol. The molecule has 23 heavy (non-hydrogen) atoms. The molecule has 1 aliphatic rings. The third-order valence-electron chi connectivity index (χ3n) is 3.73. The van der Waals surface area contributed by atoms with Crippen LogP contribution in [0.4, 0.5) is 24.8 Å². The molecule has 0 radical (unpaired) electrons. The van der Waals surface area contributed by atoms with Gasteiger partial charge < -0.3 is 9.80 Å². The Morgan fingerprint density at radius 1 is 0.870 bits per heavy atom. The molecule has 0 spiro atoms. The highest BCUT2D eigenvalue weighted by molar-refractivity contribution is 6.30. The van der Waals surface area contributed by atoms with Crippen LogP contribution in [0.3, 0.4) is 0 Å². The minimum absolute atomic E-state index is 0.483. The summed E-state index contributed by atoms with van der Waals surface area (Å²) >= 11 is 5.77. The Bertz CT molecular complexity index is 650. The highest BCUT2D eigenvalue weighted by Crippen LogP contribution is 2.30. The fourth-order valence-electron chi connectivity index (χ4n) is 2.49. The molecule has 0 bridgehead atoms. The summed E-state index contributed by atoms with van der Waals surface area (Å²) in [6.45, 7) is 2.78. The summed E-state index contributed by atoms with van der Waals surface area (Å²) in [5.41, 5.74) is 0.157. The van der Waals surface area contributed by atoms with Crippen molar-refractivity contribution in [3.8, 4) is 0 Å². The van der Waals surface area contributed by atoms with Gasteiger partial charge in [0.1, 0.15) is 0 Å². The van der Waals surface area contributed by atoms with Gasteiger partial charge in [-0.1, -0.05) is 11.6 Å². The van der Waals surface area contributed by atoms with Gasteiger partial charge in [0.05, 0.1) is 23.0 Å². The van der Waals surface area contributed by atoms with Crippen LogP contribution in [-0.2, 0) is 6.18 Å². The van der Waals surface area contributed by atoms with E-state index in [0.717, 1.165) is 17.8 Å². The monoisotopic (exact) mass is 342 g/mol. The van der Waals surface area contributed by atoms with E-state index in [-0.39, 0.29) is 0 Å². The lowest BCUT2D eigenvalue weighted by molar-refractivity contribution is -0.137. The van der Waals surface area contributed by atoms with Crippen molar-refractivity contribution in [3.05, 3.63) is 47.2 Å². The second-order valence-corrected chi connectivity index (χ2v) is 5.66. The Kier molecular flexibility index (Phi) is 4.30. The average molecular weight is 343 g/mol. The second kappa shape index (κ2) is 6.23. The minimum Gasteiger partial charge on any atom is -0.368 e. The molecule has 0 amide bonds. The van der Waals surface area contributed by atoms with Gasteiger partial charge in [-0.25, -0.2) is 9.97 Å². The van der Waals surface area contributed by atoms with Crippen LogP contribution in [0, 0.1) is 0 Å². The molecule has 2 aromatic rings. The molecule has 0 N–H and O–H groups in total. The van der Waals surface area contributed by atoms with Gasteiger partial charge >= 0.3 is 6.18 Å². The lowest BCUT2D eigenvalue weighted by Crippen LogP contribution is -2.47. The van der Waals surface area contributed by atoms with Crippen LogP contribution in [0.5, 0.6) is 0 Å². The summed E-state index contributed by atoms with van der Waals surface area (Å²) in [5, 5.41) is 0.483. The largest absolute Gasteiger partial charge is 0.416 e. The number of anilines is 2. The lowest BCUT2D eigenvalue weighted by Gasteiger charge is -2.36. The third kappa shape index (κ3) is 3.67. The summed E-state index contributed by atoms with van der Waals surface area (Å²) in [7, 11) is 0. The summed E-state index contributed by atoms with van der Waals surface area (Å²) in [5.74, 6) is 0.612. The van der Waals surface area contributed by atoms with Crippen LogP contribution in [-0.4, -0.2) is 36.1 Å². The molecule has 1 aromatic heterocycles. The predicted octanol–water partition coefficient (Wildman–Crippen LogP) is 3.48. The number of piperazine rings is 1. The molecule has 1 fully saturated rings. The van der Waals surface area contributed by atoms with Crippen LogP contribution >= 0.6 is 11.6 Å². The zero-order chi connectivity index (χ0) is 16.4. The molecular formula is C15H14ClF3N4. The van der Waals surface area contributed by atoms with Crippen molar-refractivity contribution in [2.24, 2.45) is 0 Å². The zero-order valence-corrected chi connectivity index (χ0v) is 12.8. The van der Waals surface area contributed by atoms with Gasteiger partial charge in [-0.15, -0.1) is 0 Å². The number of aromatic nitrogens is 2. The van der Waals surface area contributed by atoms with E-state index in [0.29, 0.717) is 37.1 Å². The quantitative estimate of drug-likeness (QED) is 0.836. The number of halogens is 4. The van der Waals surface area contributed by atoms with Gasteiger partial charge in [0, 0.05) is 31.9 Å². The van der Waals surface area contributed by atoms with Crippen molar-refractivity contribution in [3.63, 3.8) is 0 Å². The number of benzene rings is 1. The lowest BCUT2D eigenvalue weighted by atomic mass is 10.1. The fourth-order valence-corrected chi connectivity index (χ4v) is 2.59. The van der Waals surface area contributed by atoms with Gasteiger partial charge in [0.15, 0.2) is 0 Å². The SMILES string of the molecule is FC(F)(F)c1ccc(N2CCN(c3ncc(Cl)cn3)CC2)cc1. The number of hydrogen-bond acceptors (Lipinski definition) is 4. The van der Waals surface area contributed by atoms with Crippen molar-refractivity contribution >= 4 is 23.2 Å². The van der Waals surface area contributed by atoms with Crippen molar-refractivity contribution in [1.29, 1.82) is 0 Å². The van der Waals surface area contributed by atoms with Crippen molar-refractivity contribution in [2.45, 2.75) is 6.18 Å². The van der Waals surface area contributed by atoms with E-state index in [1.165, 1.54) is 12.1 Å². The molecule has 8 heteroatoms. The van der Waals surface area contributed by atoms with Crippen LogP contribution < -0.4 is 9.80 Å². The van der Waals surface area contributed by atoms with Crippen LogP contribution in [0.2, 0.25) is 5.02 Å². The minimum atomic E-state index is -4.30. The first kappa shape index (κ1) is 15.9. The Labute approximate surface area is 136 Å². The summed E-state index contributed by atoms with van der Waals surface area (Å²) in [6, 6.07) is 5.25. The van der Waals surface area contributed by atoms with Gasteiger partial charge in [0.25, 0.3) is 0 Å². The molecule has 4 nitrogen and oxygen atoms in total. The van der Waals surface area contributed by atoms with Crippen molar-refractivity contribution in [2.75, 3.05) is 36.0 Å². The van der Waals surface area contributed by atoms with E-state index in [1.807, 2.05) is 9.80 Å². The van der Waals surface area contributed by atoms with E-state index < -0.39 is 11.7 Å². The van der Waals surface area contributed by atoms with E-state index in [1.54, 1.807) is 12.4 Å². The molecule has 0 unspecified atom stereocenters. The van der Waals surface area contributed by atoms with Gasteiger partial charge in [-0.05, 0) is 24.3 Å². The molecule has 0 atom stereocenters.